The summed E-state index contributed by atoms with van der Waals surface area (Å²) in [6, 6.07) is 6.36. The minimum Gasteiger partial charge on any atom is -0.393 e. The number of aliphatic hydroxyl groups excluding tert-OH is 1. The molecule has 1 fully saturated rings. The second kappa shape index (κ2) is 5.38. The molecule has 1 heterocycles. The van der Waals surface area contributed by atoms with E-state index >= 15 is 0 Å². The van der Waals surface area contributed by atoms with Gasteiger partial charge in [-0.25, -0.2) is 0 Å². The van der Waals surface area contributed by atoms with Crippen molar-refractivity contribution in [3.8, 4) is 0 Å². The Morgan fingerprint density at radius 3 is 2.59 bits per heavy atom. The van der Waals surface area contributed by atoms with E-state index in [9.17, 15) is 5.11 Å². The fraction of sp³-hybridized carbons (Fsp3) is 0.538. The van der Waals surface area contributed by atoms with Crippen LogP contribution >= 0.6 is 15.9 Å². The number of hydrogen-bond donors (Lipinski definition) is 2. The molecular weight excluding hydrogens is 280 g/mol. The van der Waals surface area contributed by atoms with Crippen LogP contribution in [0.25, 0.3) is 0 Å². The number of anilines is 1. The van der Waals surface area contributed by atoms with E-state index in [2.05, 4.69) is 39.0 Å². The molecular formula is C13H19BrN2O. The lowest BCUT2D eigenvalue weighted by Crippen LogP contribution is -2.35. The molecule has 1 aromatic carbocycles. The van der Waals surface area contributed by atoms with Crippen LogP contribution in [0.3, 0.4) is 0 Å². The number of halogens is 1. The topological polar surface area (TPSA) is 49.5 Å². The monoisotopic (exact) mass is 298 g/mol. The minimum atomic E-state index is -0.127. The van der Waals surface area contributed by atoms with Crippen molar-refractivity contribution in [2.75, 3.05) is 18.0 Å². The zero-order chi connectivity index (χ0) is 12.4. The molecule has 0 radical (unpaired) electrons. The van der Waals surface area contributed by atoms with E-state index in [1.165, 1.54) is 5.69 Å². The molecule has 1 aliphatic rings. The molecule has 0 spiro atoms. The van der Waals surface area contributed by atoms with Gasteiger partial charge in [0.25, 0.3) is 0 Å². The highest BCUT2D eigenvalue weighted by molar-refractivity contribution is 9.10. The zero-order valence-electron chi connectivity index (χ0n) is 10.1. The Kier molecular flexibility index (Phi) is 4.07. The first-order chi connectivity index (χ1) is 8.08. The standard InChI is InChI=1S/C13H19BrN2O/c1-9(15)12-3-2-10(8-13(12)14)16-6-4-11(17)5-7-16/h2-3,8-9,11,17H,4-7,15H2,1H3. The maximum Gasteiger partial charge on any atom is 0.0574 e. The Balaban J connectivity index is 2.14. The van der Waals surface area contributed by atoms with Gasteiger partial charge in [-0.1, -0.05) is 22.0 Å². The first kappa shape index (κ1) is 12.9. The van der Waals surface area contributed by atoms with Crippen LogP contribution in [0.4, 0.5) is 5.69 Å². The summed E-state index contributed by atoms with van der Waals surface area (Å²) in [5.74, 6) is 0. The molecule has 0 aliphatic carbocycles. The van der Waals surface area contributed by atoms with Crippen LogP contribution in [-0.2, 0) is 0 Å². The Bertz CT molecular complexity index is 387. The summed E-state index contributed by atoms with van der Waals surface area (Å²) >= 11 is 3.57. The summed E-state index contributed by atoms with van der Waals surface area (Å²) < 4.78 is 1.07. The van der Waals surface area contributed by atoms with Crippen LogP contribution in [0.5, 0.6) is 0 Å². The predicted molar refractivity (Wildman–Crippen MR) is 74.2 cm³/mol. The van der Waals surface area contributed by atoms with Gasteiger partial charge in [0.15, 0.2) is 0 Å². The van der Waals surface area contributed by atoms with Crippen LogP contribution in [0.1, 0.15) is 31.4 Å². The van der Waals surface area contributed by atoms with E-state index in [1.807, 2.05) is 6.92 Å². The van der Waals surface area contributed by atoms with Gasteiger partial charge in [-0.2, -0.15) is 0 Å². The molecule has 0 bridgehead atoms. The van der Waals surface area contributed by atoms with Crippen LogP contribution in [0.15, 0.2) is 22.7 Å². The Labute approximate surface area is 111 Å². The van der Waals surface area contributed by atoms with Crippen molar-refractivity contribution >= 4 is 21.6 Å². The van der Waals surface area contributed by atoms with Crippen molar-refractivity contribution in [1.82, 2.24) is 0 Å². The molecule has 1 aliphatic heterocycles. The van der Waals surface area contributed by atoms with E-state index in [-0.39, 0.29) is 12.1 Å². The lowest BCUT2D eigenvalue weighted by molar-refractivity contribution is 0.145. The first-order valence-corrected chi connectivity index (χ1v) is 6.85. The van der Waals surface area contributed by atoms with E-state index in [4.69, 9.17) is 5.73 Å². The van der Waals surface area contributed by atoms with Gasteiger partial charge in [-0.3, -0.25) is 0 Å². The summed E-state index contributed by atoms with van der Waals surface area (Å²) in [6.45, 7) is 3.83. The van der Waals surface area contributed by atoms with Crippen molar-refractivity contribution in [3.05, 3.63) is 28.2 Å². The molecule has 4 heteroatoms. The largest absolute Gasteiger partial charge is 0.393 e. The summed E-state index contributed by atoms with van der Waals surface area (Å²) in [7, 11) is 0. The molecule has 94 valence electrons. The number of hydrogen-bond acceptors (Lipinski definition) is 3. The lowest BCUT2D eigenvalue weighted by atomic mass is 10.1. The fourth-order valence-corrected chi connectivity index (χ4v) is 2.93. The highest BCUT2D eigenvalue weighted by atomic mass is 79.9. The van der Waals surface area contributed by atoms with Crippen molar-refractivity contribution < 1.29 is 5.11 Å². The molecule has 0 amide bonds. The second-order valence-corrected chi connectivity index (χ2v) is 5.57. The van der Waals surface area contributed by atoms with Crippen LogP contribution in [-0.4, -0.2) is 24.3 Å². The van der Waals surface area contributed by atoms with Gasteiger partial charge in [-0.05, 0) is 37.5 Å². The van der Waals surface area contributed by atoms with Gasteiger partial charge >= 0.3 is 0 Å². The molecule has 3 nitrogen and oxygen atoms in total. The van der Waals surface area contributed by atoms with Crippen LogP contribution in [0.2, 0.25) is 0 Å². The maximum absolute atomic E-state index is 9.49. The highest BCUT2D eigenvalue weighted by Crippen LogP contribution is 2.28. The molecule has 17 heavy (non-hydrogen) atoms. The normalized spacial score (nSPS) is 19.4. The fourth-order valence-electron chi connectivity index (χ4n) is 2.21. The minimum absolute atomic E-state index is 0.0432. The van der Waals surface area contributed by atoms with Gasteiger partial charge in [0.05, 0.1) is 6.10 Å². The van der Waals surface area contributed by atoms with E-state index < -0.39 is 0 Å². The van der Waals surface area contributed by atoms with Gasteiger partial charge in [-0.15, -0.1) is 0 Å². The van der Waals surface area contributed by atoms with Crippen molar-refractivity contribution in [1.29, 1.82) is 0 Å². The zero-order valence-corrected chi connectivity index (χ0v) is 11.7. The van der Waals surface area contributed by atoms with Crippen molar-refractivity contribution in [2.45, 2.75) is 31.9 Å². The Hall–Kier alpha value is -0.580. The highest BCUT2D eigenvalue weighted by Gasteiger charge is 2.18. The Morgan fingerprint density at radius 2 is 2.06 bits per heavy atom. The average Bonchev–Trinajstić information content (AvgIpc) is 2.29. The van der Waals surface area contributed by atoms with E-state index in [1.54, 1.807) is 0 Å². The molecule has 0 saturated carbocycles. The summed E-state index contributed by atoms with van der Waals surface area (Å²) in [5, 5.41) is 9.49. The first-order valence-electron chi connectivity index (χ1n) is 6.06. The second-order valence-electron chi connectivity index (χ2n) is 4.71. The summed E-state index contributed by atoms with van der Waals surface area (Å²) in [4.78, 5) is 2.31. The van der Waals surface area contributed by atoms with E-state index in [0.717, 1.165) is 36.0 Å². The Morgan fingerprint density at radius 1 is 1.41 bits per heavy atom. The lowest BCUT2D eigenvalue weighted by Gasteiger charge is -2.31. The molecule has 1 atom stereocenters. The maximum atomic E-state index is 9.49. The van der Waals surface area contributed by atoms with E-state index in [0.29, 0.717) is 0 Å². The number of aliphatic hydroxyl groups is 1. The number of nitrogens with two attached hydrogens (primary N) is 1. The molecule has 3 N–H and O–H groups in total. The third kappa shape index (κ3) is 3.00. The van der Waals surface area contributed by atoms with Gasteiger partial charge in [0, 0.05) is 29.3 Å². The molecule has 2 rings (SSSR count). The predicted octanol–water partition coefficient (Wildman–Crippen LogP) is 2.43. The summed E-state index contributed by atoms with van der Waals surface area (Å²) in [6.07, 6.45) is 1.58. The van der Waals surface area contributed by atoms with Crippen LogP contribution in [0, 0.1) is 0 Å². The quantitative estimate of drug-likeness (QED) is 0.882. The summed E-state index contributed by atoms with van der Waals surface area (Å²) in [5.41, 5.74) is 8.22. The van der Waals surface area contributed by atoms with Gasteiger partial charge in [0.2, 0.25) is 0 Å². The van der Waals surface area contributed by atoms with Crippen molar-refractivity contribution in [3.63, 3.8) is 0 Å². The van der Waals surface area contributed by atoms with Gasteiger partial charge in [0.1, 0.15) is 0 Å². The van der Waals surface area contributed by atoms with Crippen LogP contribution < -0.4 is 10.6 Å². The number of piperidine rings is 1. The molecule has 1 aromatic rings. The van der Waals surface area contributed by atoms with Crippen molar-refractivity contribution in [2.24, 2.45) is 5.73 Å². The number of benzene rings is 1. The smallest absolute Gasteiger partial charge is 0.0574 e. The number of nitrogens with zero attached hydrogens (tertiary/aromatic N) is 1. The SMILES string of the molecule is CC(N)c1ccc(N2CCC(O)CC2)cc1Br. The third-order valence-electron chi connectivity index (χ3n) is 3.30. The molecule has 0 aromatic heterocycles. The average molecular weight is 299 g/mol. The third-order valence-corrected chi connectivity index (χ3v) is 3.99. The molecule has 1 saturated heterocycles. The molecule has 1 unspecified atom stereocenters. The van der Waals surface area contributed by atoms with Gasteiger partial charge < -0.3 is 15.7 Å². The number of rotatable bonds is 2.